The highest BCUT2D eigenvalue weighted by atomic mass is 16.6. The number of amides is 1. The summed E-state index contributed by atoms with van der Waals surface area (Å²) in [5.41, 5.74) is 5.49. The molecular weight excluding hydrogens is 270 g/mol. The van der Waals surface area contributed by atoms with Crippen LogP contribution in [0.4, 0.5) is 0 Å². The van der Waals surface area contributed by atoms with E-state index >= 15 is 0 Å². The van der Waals surface area contributed by atoms with Crippen LogP contribution in [0.5, 0.6) is 0 Å². The maximum Gasteiger partial charge on any atom is 0.348 e. The molecule has 0 atom stereocenters. The summed E-state index contributed by atoms with van der Waals surface area (Å²) in [4.78, 5) is 23.1. The Bertz CT molecular complexity index is 693. The highest BCUT2D eigenvalue weighted by molar-refractivity contribution is 5.96. The number of benzene rings is 2. The number of carbonyl (C=O) groups is 2. The van der Waals surface area contributed by atoms with Gasteiger partial charge in [-0.15, -0.1) is 0 Å². The Morgan fingerprint density at radius 1 is 1.00 bits per heavy atom. The van der Waals surface area contributed by atoms with Crippen LogP contribution in [0.3, 0.4) is 0 Å². The molecule has 0 bridgehead atoms. The number of hydrogen-bond acceptors (Lipinski definition) is 4. The minimum absolute atomic E-state index is 0.445. The lowest BCUT2D eigenvalue weighted by atomic mass is 9.91. The molecule has 1 aliphatic rings. The third kappa shape index (κ3) is 1.90. The van der Waals surface area contributed by atoms with E-state index in [-0.39, 0.29) is 0 Å². The molecule has 0 saturated carbocycles. The molecule has 2 aromatic carbocycles. The largest absolute Gasteiger partial charge is 0.453 e. The number of hydrogen-bond donors (Lipinski definition) is 2. The molecular formula is C16H13NO4. The van der Waals surface area contributed by atoms with Crippen LogP contribution in [0, 0.1) is 0 Å². The lowest BCUT2D eigenvalue weighted by Gasteiger charge is -2.23. The van der Waals surface area contributed by atoms with Crippen LogP contribution in [0.15, 0.2) is 48.5 Å². The van der Waals surface area contributed by atoms with Crippen LogP contribution in [-0.4, -0.2) is 23.6 Å². The van der Waals surface area contributed by atoms with E-state index in [4.69, 9.17) is 10.5 Å². The highest BCUT2D eigenvalue weighted by Crippen LogP contribution is 2.47. The first-order valence-corrected chi connectivity index (χ1v) is 6.42. The lowest BCUT2D eigenvalue weighted by Crippen LogP contribution is -2.38. The Morgan fingerprint density at radius 2 is 1.48 bits per heavy atom. The van der Waals surface area contributed by atoms with Crippen molar-refractivity contribution < 1.29 is 19.4 Å². The van der Waals surface area contributed by atoms with Gasteiger partial charge in [-0.25, -0.2) is 4.79 Å². The topological polar surface area (TPSA) is 89.6 Å². The average molecular weight is 283 g/mol. The van der Waals surface area contributed by atoms with Crippen LogP contribution in [0.1, 0.15) is 11.1 Å². The molecule has 0 heterocycles. The molecule has 2 aromatic rings. The summed E-state index contributed by atoms with van der Waals surface area (Å²) in [5, 5.41) is 11.0. The number of primary amides is 1. The molecule has 0 unspecified atom stereocenters. The van der Waals surface area contributed by atoms with Crippen molar-refractivity contribution in [2.45, 2.75) is 5.60 Å². The van der Waals surface area contributed by atoms with E-state index in [2.05, 4.69) is 0 Å². The molecule has 5 heteroatoms. The standard InChI is InChI=1S/C16H13NO4/c17-14(18)9-21-15(19)16(20)12-7-3-1-5-10(12)11-6-2-4-8-13(11)16/h1-8,20H,9H2,(H2,17,18). The second-order valence-corrected chi connectivity index (χ2v) is 4.84. The fourth-order valence-electron chi connectivity index (χ4n) is 2.67. The molecule has 3 rings (SSSR count). The highest BCUT2D eigenvalue weighted by Gasteiger charge is 2.49. The Morgan fingerprint density at radius 3 is 1.95 bits per heavy atom. The minimum atomic E-state index is -1.91. The van der Waals surface area contributed by atoms with Gasteiger partial charge >= 0.3 is 5.97 Å². The predicted molar refractivity (Wildman–Crippen MR) is 75.0 cm³/mol. The van der Waals surface area contributed by atoms with E-state index in [1.54, 1.807) is 24.3 Å². The van der Waals surface area contributed by atoms with E-state index in [1.807, 2.05) is 24.3 Å². The van der Waals surface area contributed by atoms with E-state index in [9.17, 15) is 14.7 Å². The Labute approximate surface area is 121 Å². The van der Waals surface area contributed by atoms with Crippen molar-refractivity contribution in [3.63, 3.8) is 0 Å². The van der Waals surface area contributed by atoms with Gasteiger partial charge in [0.1, 0.15) is 0 Å². The van der Waals surface area contributed by atoms with Crippen LogP contribution >= 0.6 is 0 Å². The van der Waals surface area contributed by atoms with Crippen molar-refractivity contribution in [1.82, 2.24) is 0 Å². The van der Waals surface area contributed by atoms with Gasteiger partial charge < -0.3 is 15.6 Å². The monoisotopic (exact) mass is 283 g/mol. The van der Waals surface area contributed by atoms with Gasteiger partial charge in [0.15, 0.2) is 6.61 Å². The van der Waals surface area contributed by atoms with Crippen LogP contribution in [0.2, 0.25) is 0 Å². The predicted octanol–water partition coefficient (Wildman–Crippen LogP) is 0.931. The maximum absolute atomic E-state index is 12.3. The second-order valence-electron chi connectivity index (χ2n) is 4.84. The Kier molecular flexibility index (Phi) is 2.99. The van der Waals surface area contributed by atoms with Gasteiger partial charge in [0.2, 0.25) is 5.60 Å². The Balaban J connectivity index is 2.13. The molecule has 0 aliphatic heterocycles. The van der Waals surface area contributed by atoms with Gasteiger partial charge in [0.25, 0.3) is 5.91 Å². The fourth-order valence-corrected chi connectivity index (χ4v) is 2.67. The normalized spacial score (nSPS) is 14.1. The first-order valence-electron chi connectivity index (χ1n) is 6.42. The summed E-state index contributed by atoms with van der Waals surface area (Å²) in [6.45, 7) is -0.564. The molecule has 0 saturated heterocycles. The zero-order chi connectivity index (χ0) is 15.0. The molecule has 5 nitrogen and oxygen atoms in total. The fraction of sp³-hybridized carbons (Fsp3) is 0.125. The average Bonchev–Trinajstić information content (AvgIpc) is 2.77. The number of ether oxygens (including phenoxy) is 1. The Hall–Kier alpha value is -2.66. The van der Waals surface area contributed by atoms with E-state index in [0.29, 0.717) is 11.1 Å². The minimum Gasteiger partial charge on any atom is -0.453 e. The van der Waals surface area contributed by atoms with Gasteiger partial charge in [-0.2, -0.15) is 0 Å². The molecule has 0 radical (unpaired) electrons. The van der Waals surface area contributed by atoms with Crippen molar-refractivity contribution in [3.8, 4) is 11.1 Å². The number of fused-ring (bicyclic) bond motifs is 3. The van der Waals surface area contributed by atoms with Crippen molar-refractivity contribution >= 4 is 11.9 Å². The molecule has 0 fully saturated rings. The summed E-state index contributed by atoms with van der Waals surface area (Å²) in [5.74, 6) is -1.68. The van der Waals surface area contributed by atoms with Gasteiger partial charge in [-0.3, -0.25) is 4.79 Å². The van der Waals surface area contributed by atoms with E-state index < -0.39 is 24.1 Å². The summed E-state index contributed by atoms with van der Waals surface area (Å²) < 4.78 is 4.84. The number of rotatable bonds is 3. The number of carbonyl (C=O) groups excluding carboxylic acids is 2. The zero-order valence-corrected chi connectivity index (χ0v) is 11.1. The smallest absolute Gasteiger partial charge is 0.348 e. The van der Waals surface area contributed by atoms with Gasteiger partial charge in [0, 0.05) is 11.1 Å². The third-order valence-corrected chi connectivity index (χ3v) is 3.56. The second kappa shape index (κ2) is 4.71. The number of aliphatic hydroxyl groups is 1. The molecule has 106 valence electrons. The van der Waals surface area contributed by atoms with Crippen molar-refractivity contribution in [2.75, 3.05) is 6.61 Å². The number of esters is 1. The van der Waals surface area contributed by atoms with Crippen LogP contribution < -0.4 is 5.73 Å². The van der Waals surface area contributed by atoms with Gasteiger partial charge in [-0.1, -0.05) is 48.5 Å². The first-order chi connectivity index (χ1) is 10.0. The van der Waals surface area contributed by atoms with E-state index in [0.717, 1.165) is 11.1 Å². The molecule has 1 amide bonds. The molecule has 0 aromatic heterocycles. The summed E-state index contributed by atoms with van der Waals surface area (Å²) in [6, 6.07) is 14.1. The number of nitrogens with two attached hydrogens (primary N) is 1. The lowest BCUT2D eigenvalue weighted by molar-refractivity contribution is -0.163. The third-order valence-electron chi connectivity index (χ3n) is 3.56. The van der Waals surface area contributed by atoms with Crippen molar-refractivity contribution in [2.24, 2.45) is 5.73 Å². The molecule has 0 spiro atoms. The van der Waals surface area contributed by atoms with Gasteiger partial charge in [-0.05, 0) is 11.1 Å². The van der Waals surface area contributed by atoms with Crippen molar-refractivity contribution in [1.29, 1.82) is 0 Å². The maximum atomic E-state index is 12.3. The summed E-state index contributed by atoms with van der Waals surface area (Å²) >= 11 is 0. The van der Waals surface area contributed by atoms with E-state index in [1.165, 1.54) is 0 Å². The first kappa shape index (κ1) is 13.3. The molecule has 1 aliphatic carbocycles. The van der Waals surface area contributed by atoms with Crippen LogP contribution in [0.25, 0.3) is 11.1 Å². The quantitative estimate of drug-likeness (QED) is 0.820. The summed E-state index contributed by atoms with van der Waals surface area (Å²) in [7, 11) is 0. The summed E-state index contributed by atoms with van der Waals surface area (Å²) in [6.07, 6.45) is 0. The SMILES string of the molecule is NC(=O)COC(=O)C1(O)c2ccccc2-c2ccccc21. The zero-order valence-electron chi connectivity index (χ0n) is 11.1. The van der Waals surface area contributed by atoms with Gasteiger partial charge in [0.05, 0.1) is 0 Å². The van der Waals surface area contributed by atoms with Crippen molar-refractivity contribution in [3.05, 3.63) is 59.7 Å². The van der Waals surface area contributed by atoms with Crippen LogP contribution in [-0.2, 0) is 19.9 Å². The molecule has 3 N–H and O–H groups in total. The molecule has 21 heavy (non-hydrogen) atoms.